The summed E-state index contributed by atoms with van der Waals surface area (Å²) in [5.41, 5.74) is 5.48. The van der Waals surface area contributed by atoms with Crippen LogP contribution in [0.15, 0.2) is 6.07 Å². The van der Waals surface area contributed by atoms with Crippen LogP contribution in [-0.2, 0) is 6.54 Å². The van der Waals surface area contributed by atoms with Gasteiger partial charge in [-0.3, -0.25) is 0 Å². The maximum Gasteiger partial charge on any atom is 0.269 e. The molecule has 4 nitrogen and oxygen atoms in total. The summed E-state index contributed by atoms with van der Waals surface area (Å²) in [5.74, 6) is 0.125. The largest absolute Gasteiger partial charge is 0.495 e. The second-order valence-corrected chi connectivity index (χ2v) is 2.74. The lowest BCUT2D eigenvalue weighted by molar-refractivity contribution is 0.145. The Morgan fingerprint density at radius 3 is 2.47 bits per heavy atom. The molecule has 0 aliphatic heterocycles. The molecule has 0 spiro atoms. The summed E-state index contributed by atoms with van der Waals surface area (Å²) in [6.07, 6.45) is -2.66. The van der Waals surface area contributed by atoms with Crippen LogP contribution in [0.1, 0.15) is 17.7 Å². The molecular formula is C9H12F2N2O2. The van der Waals surface area contributed by atoms with Gasteiger partial charge in [-0.1, -0.05) is 0 Å². The highest BCUT2D eigenvalue weighted by molar-refractivity contribution is 5.39. The van der Waals surface area contributed by atoms with Crippen molar-refractivity contribution in [3.05, 3.63) is 17.3 Å². The molecule has 2 N–H and O–H groups in total. The maximum absolute atomic E-state index is 12.6. The molecule has 1 aromatic rings. The van der Waals surface area contributed by atoms with Crippen molar-refractivity contribution in [1.82, 2.24) is 4.98 Å². The molecule has 6 heteroatoms. The minimum absolute atomic E-state index is 0.100. The normalized spacial score (nSPS) is 10.5. The van der Waals surface area contributed by atoms with E-state index < -0.39 is 6.43 Å². The number of halogens is 2. The van der Waals surface area contributed by atoms with Crippen molar-refractivity contribution in [1.29, 1.82) is 0 Å². The van der Waals surface area contributed by atoms with Gasteiger partial charge in [-0.15, -0.1) is 0 Å². The monoisotopic (exact) mass is 218 g/mol. The number of hydrogen-bond acceptors (Lipinski definition) is 4. The van der Waals surface area contributed by atoms with E-state index in [-0.39, 0.29) is 23.7 Å². The third kappa shape index (κ3) is 2.33. The van der Waals surface area contributed by atoms with E-state index in [0.717, 1.165) is 0 Å². The van der Waals surface area contributed by atoms with Crippen molar-refractivity contribution >= 4 is 0 Å². The van der Waals surface area contributed by atoms with Gasteiger partial charge in [-0.25, -0.2) is 13.8 Å². The average molecular weight is 218 g/mol. The third-order valence-electron chi connectivity index (χ3n) is 1.90. The quantitative estimate of drug-likeness (QED) is 0.831. The number of pyridine rings is 1. The van der Waals surface area contributed by atoms with Crippen LogP contribution in [0.2, 0.25) is 0 Å². The highest BCUT2D eigenvalue weighted by atomic mass is 19.3. The van der Waals surface area contributed by atoms with Crippen molar-refractivity contribution in [3.8, 4) is 11.6 Å². The molecule has 0 fully saturated rings. The molecule has 1 heterocycles. The van der Waals surface area contributed by atoms with E-state index in [1.54, 1.807) is 0 Å². The van der Waals surface area contributed by atoms with Crippen LogP contribution in [0.5, 0.6) is 11.6 Å². The van der Waals surface area contributed by atoms with Crippen molar-refractivity contribution in [3.63, 3.8) is 0 Å². The second kappa shape index (κ2) is 4.88. The molecule has 0 unspecified atom stereocenters. The Balaban J connectivity index is 3.27. The molecule has 0 bridgehead atoms. The molecule has 0 saturated heterocycles. The first-order chi connectivity index (χ1) is 7.13. The lowest BCUT2D eigenvalue weighted by Crippen LogP contribution is -2.06. The number of nitrogens with two attached hydrogens (primary N) is 1. The minimum Gasteiger partial charge on any atom is -0.495 e. The van der Waals surface area contributed by atoms with E-state index in [1.807, 2.05) is 0 Å². The Morgan fingerprint density at radius 2 is 2.07 bits per heavy atom. The van der Waals surface area contributed by atoms with Crippen LogP contribution < -0.4 is 15.2 Å². The summed E-state index contributed by atoms with van der Waals surface area (Å²) in [6.45, 7) is 0.100. The summed E-state index contributed by atoms with van der Waals surface area (Å²) in [5, 5.41) is 0. The zero-order chi connectivity index (χ0) is 11.4. The Morgan fingerprint density at radius 1 is 1.40 bits per heavy atom. The van der Waals surface area contributed by atoms with Crippen LogP contribution >= 0.6 is 0 Å². The molecule has 84 valence electrons. The van der Waals surface area contributed by atoms with Crippen molar-refractivity contribution in [2.45, 2.75) is 13.0 Å². The van der Waals surface area contributed by atoms with Crippen LogP contribution in [0.4, 0.5) is 8.78 Å². The molecule has 0 aromatic carbocycles. The predicted molar refractivity (Wildman–Crippen MR) is 50.2 cm³/mol. The second-order valence-electron chi connectivity index (χ2n) is 2.74. The fraction of sp³-hybridized carbons (Fsp3) is 0.444. The van der Waals surface area contributed by atoms with Gasteiger partial charge in [0.05, 0.1) is 25.5 Å². The molecule has 1 rings (SSSR count). The van der Waals surface area contributed by atoms with Crippen molar-refractivity contribution < 1.29 is 18.3 Å². The van der Waals surface area contributed by atoms with Gasteiger partial charge in [0, 0.05) is 6.54 Å². The number of nitrogens with zero attached hydrogens (tertiary/aromatic N) is 1. The number of rotatable bonds is 4. The van der Waals surface area contributed by atoms with Crippen LogP contribution in [-0.4, -0.2) is 19.2 Å². The van der Waals surface area contributed by atoms with Gasteiger partial charge >= 0.3 is 0 Å². The molecule has 0 atom stereocenters. The van der Waals surface area contributed by atoms with Crippen molar-refractivity contribution in [2.75, 3.05) is 14.2 Å². The van der Waals surface area contributed by atoms with Gasteiger partial charge in [0.2, 0.25) is 5.88 Å². The first-order valence-electron chi connectivity index (χ1n) is 4.24. The Labute approximate surface area is 86.0 Å². The molecule has 15 heavy (non-hydrogen) atoms. The lowest BCUT2D eigenvalue weighted by atomic mass is 10.2. The van der Waals surface area contributed by atoms with Crippen LogP contribution in [0.3, 0.4) is 0 Å². The van der Waals surface area contributed by atoms with E-state index in [9.17, 15) is 8.78 Å². The smallest absolute Gasteiger partial charge is 0.269 e. The van der Waals surface area contributed by atoms with E-state index in [4.69, 9.17) is 15.2 Å². The molecule has 0 aliphatic carbocycles. The number of alkyl halides is 2. The summed E-state index contributed by atoms with van der Waals surface area (Å²) in [4.78, 5) is 3.85. The highest BCUT2D eigenvalue weighted by Crippen LogP contribution is 2.32. The zero-order valence-electron chi connectivity index (χ0n) is 8.46. The molecule has 0 amide bonds. The topological polar surface area (TPSA) is 57.4 Å². The third-order valence-corrected chi connectivity index (χ3v) is 1.90. The molecule has 0 radical (unpaired) electrons. The fourth-order valence-electron chi connectivity index (χ4n) is 1.17. The number of methoxy groups -OCH3 is 2. The molecular weight excluding hydrogens is 206 g/mol. The zero-order valence-corrected chi connectivity index (χ0v) is 8.46. The minimum atomic E-state index is -2.66. The first kappa shape index (κ1) is 11.6. The van der Waals surface area contributed by atoms with Gasteiger partial charge in [0.15, 0.2) is 0 Å². The van der Waals surface area contributed by atoms with Gasteiger partial charge < -0.3 is 15.2 Å². The Hall–Kier alpha value is -1.43. The van der Waals surface area contributed by atoms with Crippen LogP contribution in [0.25, 0.3) is 0 Å². The highest BCUT2D eigenvalue weighted by Gasteiger charge is 2.19. The van der Waals surface area contributed by atoms with Gasteiger partial charge in [-0.2, -0.15) is 0 Å². The van der Waals surface area contributed by atoms with Gasteiger partial charge in [0.1, 0.15) is 5.75 Å². The predicted octanol–water partition coefficient (Wildman–Crippen LogP) is 1.50. The number of ether oxygens (including phenoxy) is 2. The number of aromatic nitrogens is 1. The first-order valence-corrected chi connectivity index (χ1v) is 4.24. The van der Waals surface area contributed by atoms with Gasteiger partial charge in [0.25, 0.3) is 6.43 Å². The van der Waals surface area contributed by atoms with E-state index in [2.05, 4.69) is 4.98 Å². The average Bonchev–Trinajstić information content (AvgIpc) is 2.26. The Bertz CT molecular complexity index is 345. The van der Waals surface area contributed by atoms with Crippen LogP contribution in [0, 0.1) is 0 Å². The Kier molecular flexibility index (Phi) is 3.79. The van der Waals surface area contributed by atoms with E-state index in [0.29, 0.717) is 5.69 Å². The molecule has 0 saturated carbocycles. The summed E-state index contributed by atoms with van der Waals surface area (Å²) in [6, 6.07) is 1.19. The fourth-order valence-corrected chi connectivity index (χ4v) is 1.17. The molecule has 1 aromatic heterocycles. The number of hydrogen-bond donors (Lipinski definition) is 1. The van der Waals surface area contributed by atoms with E-state index >= 15 is 0 Å². The lowest BCUT2D eigenvalue weighted by Gasteiger charge is -2.11. The SMILES string of the molecule is COc1cc(C(F)F)c(OC)nc1CN. The summed E-state index contributed by atoms with van der Waals surface area (Å²) >= 11 is 0. The molecule has 0 aliphatic rings. The van der Waals surface area contributed by atoms with Gasteiger partial charge in [-0.05, 0) is 6.07 Å². The summed E-state index contributed by atoms with van der Waals surface area (Å²) in [7, 11) is 2.65. The maximum atomic E-state index is 12.6. The van der Waals surface area contributed by atoms with Crippen molar-refractivity contribution in [2.24, 2.45) is 5.73 Å². The summed E-state index contributed by atoms with van der Waals surface area (Å²) < 4.78 is 34.8. The van der Waals surface area contributed by atoms with E-state index in [1.165, 1.54) is 20.3 Å². The standard InChI is InChI=1S/C9H12F2N2O2/c1-14-7-3-5(8(10)11)9(15-2)13-6(7)4-12/h3,8H,4,12H2,1-2H3.